The van der Waals surface area contributed by atoms with E-state index in [0.29, 0.717) is 18.8 Å². The number of nitrogens with two attached hydrogens (primary N) is 2. The molecule has 0 rings (SSSR count). The van der Waals surface area contributed by atoms with E-state index < -0.39 is 17.2 Å². The summed E-state index contributed by atoms with van der Waals surface area (Å²) in [5.41, 5.74) is 9.99. The standard InChI is InChI=1S/C12H21NO2.C11H18ClNO2.2CH4.ClH.H3N.S3/c1-4-5-6-9(2)7-11(14)10(3)8-12(13)15;1-3-4-5-8(2)6-10(14)9(12)7-11(13)15;;;;;1-3-2/h4,9-10H,1,5-8H2,2-3H3,(H2,13,15);3,8-9H,1,4-7H2,2H3,(H2,13,15);2*1H4;1H;1H3;/t9-,10+;8-,9+;;;;;/m00...../s1. The lowest BCUT2D eigenvalue weighted by Gasteiger charge is -2.12. The fourth-order valence-electron chi connectivity index (χ4n) is 2.73. The minimum absolute atomic E-state index is 0. The van der Waals surface area contributed by atoms with Crippen LogP contribution in [0.15, 0.2) is 25.3 Å². The molecule has 0 aromatic heterocycles. The van der Waals surface area contributed by atoms with Crippen molar-refractivity contribution in [2.45, 2.75) is 92.4 Å². The van der Waals surface area contributed by atoms with Gasteiger partial charge in [-0.05, 0) is 37.5 Å². The summed E-state index contributed by atoms with van der Waals surface area (Å²) in [5.74, 6) is -0.543. The summed E-state index contributed by atoms with van der Waals surface area (Å²) in [4.78, 5) is 44.3. The molecule has 7 N–H and O–H groups in total. The molecule has 0 aliphatic carbocycles. The Bertz CT molecular complexity index is 628. The molecule has 12 heteroatoms. The third-order valence-corrected chi connectivity index (χ3v) is 5.01. The molecule has 0 saturated carbocycles. The first-order chi connectivity index (χ1) is 15.4. The number of carbonyl (C=O) groups excluding carboxylic acids is 4. The number of halogens is 2. The smallest absolute Gasteiger partial charge is 0.219 e. The second-order valence-electron chi connectivity index (χ2n) is 8.06. The van der Waals surface area contributed by atoms with Crippen LogP contribution in [-0.2, 0) is 50.4 Å². The van der Waals surface area contributed by atoms with Crippen LogP contribution in [-0.4, -0.2) is 28.8 Å². The van der Waals surface area contributed by atoms with Gasteiger partial charge in [0.05, 0.1) is 0 Å². The number of carbonyl (C=O) groups is 4. The van der Waals surface area contributed by atoms with Crippen molar-refractivity contribution in [2.24, 2.45) is 29.2 Å². The van der Waals surface area contributed by atoms with E-state index in [9.17, 15) is 19.2 Å². The lowest BCUT2D eigenvalue weighted by Crippen LogP contribution is -2.24. The summed E-state index contributed by atoms with van der Waals surface area (Å²) in [6, 6.07) is 0. The van der Waals surface area contributed by atoms with Gasteiger partial charge in [0.2, 0.25) is 11.8 Å². The summed E-state index contributed by atoms with van der Waals surface area (Å²) in [6.45, 7) is 13.0. The zero-order chi connectivity index (χ0) is 26.4. The molecule has 0 fully saturated rings. The number of hydrogen-bond donors (Lipinski definition) is 3. The van der Waals surface area contributed by atoms with Gasteiger partial charge in [-0.25, -0.2) is 0 Å². The summed E-state index contributed by atoms with van der Waals surface area (Å²) in [7, 11) is 0.917. The van der Waals surface area contributed by atoms with E-state index in [0.717, 1.165) is 34.6 Å². The fourth-order valence-corrected chi connectivity index (χ4v) is 2.97. The monoisotopic (exact) mass is 623 g/mol. The molecule has 0 radical (unpaired) electrons. The lowest BCUT2D eigenvalue weighted by atomic mass is 9.92. The van der Waals surface area contributed by atoms with Gasteiger partial charge in [0.15, 0.2) is 5.78 Å². The average molecular weight is 625 g/mol. The first-order valence-electron chi connectivity index (χ1n) is 10.8. The van der Waals surface area contributed by atoms with E-state index in [4.69, 9.17) is 23.1 Å². The maximum atomic E-state index is 11.6. The maximum absolute atomic E-state index is 11.6. The minimum atomic E-state index is -0.770. The van der Waals surface area contributed by atoms with Crippen molar-refractivity contribution in [3.63, 3.8) is 0 Å². The third-order valence-electron chi connectivity index (χ3n) is 4.61. The molecule has 0 bridgehead atoms. The molecule has 7 nitrogen and oxygen atoms in total. The van der Waals surface area contributed by atoms with E-state index in [2.05, 4.69) is 35.5 Å². The molecule has 0 aliphatic heterocycles. The molecule has 0 spiro atoms. The average Bonchev–Trinajstić information content (AvgIpc) is 2.70. The van der Waals surface area contributed by atoms with E-state index >= 15 is 0 Å². The highest BCUT2D eigenvalue weighted by Crippen LogP contribution is 2.16. The minimum Gasteiger partial charge on any atom is -0.370 e. The number of ketones is 2. The molecule has 2 amide bonds. The number of rotatable bonds is 16. The molecule has 0 aliphatic rings. The highest BCUT2D eigenvalue weighted by atomic mass is 35.5. The largest absolute Gasteiger partial charge is 0.370 e. The first-order valence-corrected chi connectivity index (χ1v) is 13.9. The van der Waals surface area contributed by atoms with Gasteiger partial charge in [-0.3, -0.25) is 19.2 Å². The predicted molar refractivity (Wildman–Crippen MR) is 171 cm³/mol. The Kier molecular flexibility index (Phi) is 49.5. The Morgan fingerprint density at radius 3 is 1.43 bits per heavy atom. The molecule has 0 unspecified atom stereocenters. The highest BCUT2D eigenvalue weighted by Gasteiger charge is 2.19. The van der Waals surface area contributed by atoms with Crippen LogP contribution < -0.4 is 17.6 Å². The van der Waals surface area contributed by atoms with E-state index in [1.54, 1.807) is 6.92 Å². The zero-order valence-electron chi connectivity index (χ0n) is 21.0. The SMILES string of the molecule is C.C.C=CCC[C@H](C)CC(=O)[C@H](C)CC(N)=O.C=CCC[C@H](C)CC(=O)[C@H](Cl)CC(N)=O.Cl.N.S=S=S. The van der Waals surface area contributed by atoms with Crippen LogP contribution in [0.4, 0.5) is 0 Å². The van der Waals surface area contributed by atoms with Crippen LogP contribution in [0.3, 0.4) is 0 Å². The molecule has 4 atom stereocenters. The number of allylic oxidation sites excluding steroid dienone is 2. The summed E-state index contributed by atoms with van der Waals surface area (Å²) >= 11 is 14.0. The fraction of sp³-hybridized carbons (Fsp3) is 0.680. The lowest BCUT2D eigenvalue weighted by molar-refractivity contribution is -0.127. The molecule has 0 heterocycles. The van der Waals surface area contributed by atoms with Crippen LogP contribution >= 0.6 is 24.0 Å². The van der Waals surface area contributed by atoms with Crippen molar-refractivity contribution in [3.05, 3.63) is 25.3 Å². The van der Waals surface area contributed by atoms with Gasteiger partial charge in [0, 0.05) is 62.9 Å². The van der Waals surface area contributed by atoms with Crippen molar-refractivity contribution in [1.82, 2.24) is 6.15 Å². The Balaban J connectivity index is -0.0000000799. The van der Waals surface area contributed by atoms with Gasteiger partial charge in [-0.2, -0.15) is 0 Å². The summed E-state index contributed by atoms with van der Waals surface area (Å²) in [5, 5.41) is -0.770. The zero-order valence-corrected chi connectivity index (χ0v) is 25.1. The Labute approximate surface area is 249 Å². The topological polar surface area (TPSA) is 155 Å². The van der Waals surface area contributed by atoms with Crippen LogP contribution in [0.5, 0.6) is 0 Å². The number of primary amides is 2. The van der Waals surface area contributed by atoms with Crippen LogP contribution in [0.25, 0.3) is 0 Å². The number of Topliss-reactive ketones (excluding diaryl/α,β-unsaturated/α-hetero) is 2. The third kappa shape index (κ3) is 39.6. The van der Waals surface area contributed by atoms with Gasteiger partial charge in [0.1, 0.15) is 11.2 Å². The summed E-state index contributed by atoms with van der Waals surface area (Å²) in [6.07, 6.45) is 8.39. The highest BCUT2D eigenvalue weighted by molar-refractivity contribution is 8.37. The van der Waals surface area contributed by atoms with Crippen molar-refractivity contribution in [2.75, 3.05) is 0 Å². The first kappa shape index (κ1) is 52.4. The van der Waals surface area contributed by atoms with Crippen LogP contribution in [0.2, 0.25) is 0 Å². The van der Waals surface area contributed by atoms with Gasteiger partial charge in [-0.15, -0.1) is 37.2 Å². The second kappa shape index (κ2) is 35.0. The van der Waals surface area contributed by atoms with Crippen molar-refractivity contribution in [1.29, 1.82) is 0 Å². The Hall–Kier alpha value is -1.04. The summed E-state index contributed by atoms with van der Waals surface area (Å²) < 4.78 is 0. The van der Waals surface area contributed by atoms with Gasteiger partial charge in [-0.1, -0.05) is 47.8 Å². The van der Waals surface area contributed by atoms with Crippen molar-refractivity contribution < 1.29 is 19.2 Å². The van der Waals surface area contributed by atoms with Crippen molar-refractivity contribution in [3.8, 4) is 0 Å². The molecular weight excluding hydrogens is 573 g/mol. The molecule has 0 saturated heterocycles. The van der Waals surface area contributed by atoms with Gasteiger partial charge >= 0.3 is 0 Å². The predicted octanol–water partition coefficient (Wildman–Crippen LogP) is 5.94. The number of amides is 2. The molecule has 222 valence electrons. The Morgan fingerprint density at radius 2 is 1.14 bits per heavy atom. The normalized spacial score (nSPS) is 11.9. The maximum Gasteiger partial charge on any atom is 0.219 e. The number of hydrogen-bond acceptors (Lipinski definition) is 7. The van der Waals surface area contributed by atoms with Gasteiger partial charge in [0.25, 0.3) is 0 Å². The van der Waals surface area contributed by atoms with E-state index in [-0.39, 0.29) is 69.7 Å². The number of alkyl halides is 1. The Morgan fingerprint density at radius 1 is 0.811 bits per heavy atom. The van der Waals surface area contributed by atoms with Crippen LogP contribution in [0, 0.1) is 17.8 Å². The molecular formula is C25H51Cl2N3O4S3. The van der Waals surface area contributed by atoms with Crippen molar-refractivity contribution >= 4 is 78.6 Å². The quantitative estimate of drug-likeness (QED) is 0.142. The van der Waals surface area contributed by atoms with E-state index in [1.807, 2.05) is 26.0 Å². The van der Waals surface area contributed by atoms with Gasteiger partial charge < -0.3 is 17.6 Å². The van der Waals surface area contributed by atoms with Crippen LogP contribution in [0.1, 0.15) is 87.0 Å². The van der Waals surface area contributed by atoms with E-state index in [1.165, 1.54) is 0 Å². The molecule has 37 heavy (non-hydrogen) atoms. The second-order valence-corrected chi connectivity index (χ2v) is 10.4. The molecule has 0 aromatic rings. The molecule has 0 aromatic carbocycles.